The monoisotopic (exact) mass is 310 g/mol. The SMILES string of the molecule is Cc1cccc(CC(=O)Nc2nnc(-c3ccncc3)s2)c1. The van der Waals surface area contributed by atoms with Gasteiger partial charge in [0, 0.05) is 18.0 Å². The summed E-state index contributed by atoms with van der Waals surface area (Å²) in [6.45, 7) is 2.01. The lowest BCUT2D eigenvalue weighted by molar-refractivity contribution is -0.115. The number of anilines is 1. The Morgan fingerprint density at radius 3 is 2.77 bits per heavy atom. The van der Waals surface area contributed by atoms with Crippen LogP contribution in [0.3, 0.4) is 0 Å². The van der Waals surface area contributed by atoms with Crippen molar-refractivity contribution in [1.29, 1.82) is 0 Å². The molecule has 2 heterocycles. The molecule has 6 heteroatoms. The van der Waals surface area contributed by atoms with E-state index >= 15 is 0 Å². The van der Waals surface area contributed by atoms with Crippen LogP contribution in [-0.2, 0) is 11.2 Å². The summed E-state index contributed by atoms with van der Waals surface area (Å²) >= 11 is 1.35. The third-order valence-corrected chi connectivity index (χ3v) is 3.93. The number of pyridine rings is 1. The topological polar surface area (TPSA) is 67.8 Å². The Kier molecular flexibility index (Phi) is 4.20. The van der Waals surface area contributed by atoms with E-state index in [1.807, 2.05) is 43.3 Å². The fraction of sp³-hybridized carbons (Fsp3) is 0.125. The molecule has 0 saturated carbocycles. The van der Waals surface area contributed by atoms with E-state index in [2.05, 4.69) is 20.5 Å². The van der Waals surface area contributed by atoms with E-state index in [1.54, 1.807) is 12.4 Å². The van der Waals surface area contributed by atoms with Crippen molar-refractivity contribution < 1.29 is 4.79 Å². The summed E-state index contributed by atoms with van der Waals surface area (Å²) in [7, 11) is 0. The van der Waals surface area contributed by atoms with Crippen LogP contribution in [0.5, 0.6) is 0 Å². The summed E-state index contributed by atoms with van der Waals surface area (Å²) in [6, 6.07) is 11.6. The Bertz CT molecular complexity index is 786. The first-order chi connectivity index (χ1) is 10.7. The maximum Gasteiger partial charge on any atom is 0.230 e. The van der Waals surface area contributed by atoms with Crippen LogP contribution in [0.15, 0.2) is 48.8 Å². The van der Waals surface area contributed by atoms with Gasteiger partial charge < -0.3 is 5.32 Å². The number of nitrogens with zero attached hydrogens (tertiary/aromatic N) is 3. The lowest BCUT2D eigenvalue weighted by atomic mass is 10.1. The van der Waals surface area contributed by atoms with Gasteiger partial charge in [-0.2, -0.15) is 0 Å². The highest BCUT2D eigenvalue weighted by molar-refractivity contribution is 7.18. The molecule has 0 fully saturated rings. The van der Waals surface area contributed by atoms with Crippen LogP contribution in [-0.4, -0.2) is 21.1 Å². The molecule has 2 aromatic heterocycles. The first-order valence-electron chi connectivity index (χ1n) is 6.80. The van der Waals surface area contributed by atoms with Gasteiger partial charge in [-0.25, -0.2) is 0 Å². The molecule has 0 radical (unpaired) electrons. The number of carbonyl (C=O) groups excluding carboxylic acids is 1. The highest BCUT2D eigenvalue weighted by Crippen LogP contribution is 2.25. The molecule has 110 valence electrons. The number of aryl methyl sites for hydroxylation is 1. The molecule has 1 N–H and O–H groups in total. The van der Waals surface area contributed by atoms with Crippen molar-refractivity contribution in [3.63, 3.8) is 0 Å². The molecule has 0 unspecified atom stereocenters. The lowest BCUT2D eigenvalue weighted by Gasteiger charge is -2.02. The number of nitrogens with one attached hydrogen (secondary N) is 1. The Morgan fingerprint density at radius 1 is 1.18 bits per heavy atom. The molecule has 3 aromatic rings. The highest BCUT2D eigenvalue weighted by atomic mass is 32.1. The predicted molar refractivity (Wildman–Crippen MR) is 86.7 cm³/mol. The standard InChI is InChI=1S/C16H14N4OS/c1-11-3-2-4-12(9-11)10-14(21)18-16-20-19-15(22-16)13-5-7-17-8-6-13/h2-9H,10H2,1H3,(H,18,20,21). The zero-order valence-corrected chi connectivity index (χ0v) is 12.8. The van der Waals surface area contributed by atoms with Gasteiger partial charge in [0.05, 0.1) is 6.42 Å². The number of amides is 1. The second-order valence-electron chi connectivity index (χ2n) is 4.86. The third-order valence-electron chi connectivity index (χ3n) is 3.05. The molecule has 22 heavy (non-hydrogen) atoms. The average Bonchev–Trinajstić information content (AvgIpc) is 2.96. The summed E-state index contributed by atoms with van der Waals surface area (Å²) in [5, 5.41) is 12.1. The Balaban J connectivity index is 1.66. The summed E-state index contributed by atoms with van der Waals surface area (Å²) in [5.41, 5.74) is 3.06. The quantitative estimate of drug-likeness (QED) is 0.804. The summed E-state index contributed by atoms with van der Waals surface area (Å²) < 4.78 is 0. The van der Waals surface area contributed by atoms with Gasteiger partial charge in [0.2, 0.25) is 11.0 Å². The van der Waals surface area contributed by atoms with Crippen LogP contribution in [0.2, 0.25) is 0 Å². The van der Waals surface area contributed by atoms with E-state index in [0.29, 0.717) is 11.6 Å². The molecule has 1 amide bonds. The van der Waals surface area contributed by atoms with Crippen molar-refractivity contribution in [1.82, 2.24) is 15.2 Å². The molecule has 3 rings (SSSR count). The molecule has 5 nitrogen and oxygen atoms in total. The van der Waals surface area contributed by atoms with Gasteiger partial charge in [-0.05, 0) is 24.6 Å². The van der Waals surface area contributed by atoms with Crippen LogP contribution < -0.4 is 5.32 Å². The highest BCUT2D eigenvalue weighted by Gasteiger charge is 2.10. The minimum Gasteiger partial charge on any atom is -0.300 e. The van der Waals surface area contributed by atoms with Crippen LogP contribution in [0.25, 0.3) is 10.6 Å². The molecule has 0 bridgehead atoms. The Morgan fingerprint density at radius 2 is 2.00 bits per heavy atom. The molecule has 0 saturated heterocycles. The number of hydrogen-bond acceptors (Lipinski definition) is 5. The van der Waals surface area contributed by atoms with E-state index in [1.165, 1.54) is 11.3 Å². The molecule has 0 spiro atoms. The van der Waals surface area contributed by atoms with E-state index in [0.717, 1.165) is 21.7 Å². The minimum atomic E-state index is -0.0944. The van der Waals surface area contributed by atoms with E-state index in [-0.39, 0.29) is 5.91 Å². The molecule has 1 aromatic carbocycles. The molecular weight excluding hydrogens is 296 g/mol. The fourth-order valence-corrected chi connectivity index (χ4v) is 2.82. The molecule has 0 aliphatic heterocycles. The van der Waals surface area contributed by atoms with Gasteiger partial charge in [0.15, 0.2) is 0 Å². The van der Waals surface area contributed by atoms with Crippen molar-refractivity contribution in [3.05, 3.63) is 59.9 Å². The van der Waals surface area contributed by atoms with Crippen molar-refractivity contribution in [3.8, 4) is 10.6 Å². The third kappa shape index (κ3) is 3.53. The van der Waals surface area contributed by atoms with Gasteiger partial charge in [-0.3, -0.25) is 9.78 Å². The fourth-order valence-electron chi connectivity index (χ4n) is 2.06. The molecule has 0 aliphatic rings. The zero-order valence-electron chi connectivity index (χ0n) is 12.0. The predicted octanol–water partition coefficient (Wildman–Crippen LogP) is 3.09. The zero-order chi connectivity index (χ0) is 15.4. The maximum absolute atomic E-state index is 12.1. The Labute approximate surface area is 132 Å². The molecular formula is C16H14N4OS. The number of carbonyl (C=O) groups is 1. The Hall–Kier alpha value is -2.60. The van der Waals surface area contributed by atoms with Crippen molar-refractivity contribution in [2.75, 3.05) is 5.32 Å². The lowest BCUT2D eigenvalue weighted by Crippen LogP contribution is -2.14. The van der Waals surface area contributed by atoms with Crippen LogP contribution in [0, 0.1) is 6.92 Å². The first kappa shape index (κ1) is 14.3. The minimum absolute atomic E-state index is 0.0944. The van der Waals surface area contributed by atoms with E-state index in [4.69, 9.17) is 0 Å². The van der Waals surface area contributed by atoms with Gasteiger partial charge in [0.1, 0.15) is 5.01 Å². The van der Waals surface area contributed by atoms with E-state index in [9.17, 15) is 4.79 Å². The maximum atomic E-state index is 12.1. The van der Waals surface area contributed by atoms with Gasteiger partial charge in [0.25, 0.3) is 0 Å². The van der Waals surface area contributed by atoms with Crippen molar-refractivity contribution in [2.24, 2.45) is 0 Å². The normalized spacial score (nSPS) is 10.4. The second-order valence-corrected chi connectivity index (χ2v) is 5.84. The van der Waals surface area contributed by atoms with Crippen LogP contribution in [0.4, 0.5) is 5.13 Å². The van der Waals surface area contributed by atoms with Crippen molar-refractivity contribution >= 4 is 22.4 Å². The van der Waals surface area contributed by atoms with Crippen LogP contribution in [0.1, 0.15) is 11.1 Å². The van der Waals surface area contributed by atoms with Gasteiger partial charge in [-0.1, -0.05) is 41.2 Å². The first-order valence-corrected chi connectivity index (χ1v) is 7.61. The van der Waals surface area contributed by atoms with Gasteiger partial charge >= 0.3 is 0 Å². The summed E-state index contributed by atoms with van der Waals surface area (Å²) in [4.78, 5) is 16.0. The van der Waals surface area contributed by atoms with E-state index < -0.39 is 0 Å². The number of benzene rings is 1. The average molecular weight is 310 g/mol. The second kappa shape index (κ2) is 6.44. The number of rotatable bonds is 4. The smallest absolute Gasteiger partial charge is 0.230 e. The van der Waals surface area contributed by atoms with Crippen molar-refractivity contribution in [2.45, 2.75) is 13.3 Å². The number of hydrogen-bond donors (Lipinski definition) is 1. The molecule has 0 atom stereocenters. The summed E-state index contributed by atoms with van der Waals surface area (Å²) in [6.07, 6.45) is 3.73. The largest absolute Gasteiger partial charge is 0.300 e. The summed E-state index contributed by atoms with van der Waals surface area (Å²) in [5.74, 6) is -0.0944. The van der Waals surface area contributed by atoms with Gasteiger partial charge in [-0.15, -0.1) is 10.2 Å². The molecule has 0 aliphatic carbocycles. The van der Waals surface area contributed by atoms with Crippen LogP contribution >= 0.6 is 11.3 Å². The number of aromatic nitrogens is 3.